The van der Waals surface area contributed by atoms with E-state index in [1.54, 1.807) is 31.6 Å². The van der Waals surface area contributed by atoms with E-state index in [1.807, 2.05) is 0 Å². The predicted molar refractivity (Wildman–Crippen MR) is 61.1 cm³/mol. The Kier molecular flexibility index (Phi) is 5.46. The first kappa shape index (κ1) is 14.9. The fourth-order valence-corrected chi connectivity index (χ4v) is 1.46. The summed E-state index contributed by atoms with van der Waals surface area (Å²) < 4.78 is 31.2. The van der Waals surface area contributed by atoms with Crippen LogP contribution in [-0.2, 0) is 14.9 Å². The highest BCUT2D eigenvalue weighted by Gasteiger charge is 2.20. The Morgan fingerprint density at radius 1 is 1.44 bits per heavy atom. The van der Waals surface area contributed by atoms with E-state index in [2.05, 4.69) is 11.3 Å². The summed E-state index contributed by atoms with van der Waals surface area (Å²) in [6.45, 7) is 8.55. The van der Waals surface area contributed by atoms with Crippen LogP contribution in [0, 0.1) is 0 Å². The van der Waals surface area contributed by atoms with Gasteiger partial charge in [-0.25, -0.2) is 9.52 Å². The second kappa shape index (κ2) is 5.86. The van der Waals surface area contributed by atoms with E-state index in [0.29, 0.717) is 6.42 Å². The van der Waals surface area contributed by atoms with Gasteiger partial charge in [0.05, 0.1) is 0 Å². The van der Waals surface area contributed by atoms with E-state index < -0.39 is 21.9 Å². The standard InChI is InChI=1S/C9H18N2O4S/c1-5-6-7-10-16(13,14)11-8(12)15-9(2,3)4/h5,10H,1,6-7H2,2-4H3,(H,11,12). The molecule has 0 saturated carbocycles. The van der Waals surface area contributed by atoms with Crippen molar-refractivity contribution >= 4 is 16.3 Å². The third kappa shape index (κ3) is 8.25. The van der Waals surface area contributed by atoms with Crippen LogP contribution in [-0.4, -0.2) is 26.7 Å². The smallest absolute Gasteiger partial charge is 0.422 e. The molecule has 0 aliphatic carbocycles. The molecule has 0 bridgehead atoms. The maximum Gasteiger partial charge on any atom is 0.422 e. The highest BCUT2D eigenvalue weighted by Crippen LogP contribution is 2.06. The minimum Gasteiger partial charge on any atom is -0.443 e. The van der Waals surface area contributed by atoms with Crippen molar-refractivity contribution in [3.8, 4) is 0 Å². The van der Waals surface area contributed by atoms with E-state index in [1.165, 1.54) is 0 Å². The van der Waals surface area contributed by atoms with Crippen molar-refractivity contribution in [2.45, 2.75) is 32.8 Å². The minimum atomic E-state index is -3.85. The topological polar surface area (TPSA) is 84.5 Å². The quantitative estimate of drug-likeness (QED) is 0.561. The van der Waals surface area contributed by atoms with Gasteiger partial charge in [-0.05, 0) is 27.2 Å². The number of carbonyl (C=O) groups is 1. The van der Waals surface area contributed by atoms with Gasteiger partial charge in [0, 0.05) is 6.54 Å². The zero-order chi connectivity index (χ0) is 12.8. The Balaban J connectivity index is 4.16. The number of hydrogen-bond acceptors (Lipinski definition) is 4. The lowest BCUT2D eigenvalue weighted by Gasteiger charge is -2.19. The molecular weight excluding hydrogens is 232 g/mol. The van der Waals surface area contributed by atoms with Crippen LogP contribution in [0.5, 0.6) is 0 Å². The summed E-state index contributed by atoms with van der Waals surface area (Å²) in [6.07, 6.45) is 1.05. The summed E-state index contributed by atoms with van der Waals surface area (Å²) in [5.74, 6) is 0. The summed E-state index contributed by atoms with van der Waals surface area (Å²) in [6, 6.07) is 0. The van der Waals surface area contributed by atoms with Gasteiger partial charge in [-0.3, -0.25) is 0 Å². The highest BCUT2D eigenvalue weighted by atomic mass is 32.2. The van der Waals surface area contributed by atoms with Crippen molar-refractivity contribution in [3.63, 3.8) is 0 Å². The first-order valence-electron chi connectivity index (χ1n) is 4.77. The molecule has 1 amide bonds. The van der Waals surface area contributed by atoms with Crippen molar-refractivity contribution in [1.29, 1.82) is 0 Å². The van der Waals surface area contributed by atoms with E-state index in [0.717, 1.165) is 0 Å². The molecule has 16 heavy (non-hydrogen) atoms. The van der Waals surface area contributed by atoms with Gasteiger partial charge in [0.15, 0.2) is 0 Å². The van der Waals surface area contributed by atoms with Gasteiger partial charge in [0.25, 0.3) is 0 Å². The van der Waals surface area contributed by atoms with E-state index in [-0.39, 0.29) is 6.54 Å². The molecule has 0 atom stereocenters. The Bertz CT molecular complexity index is 343. The van der Waals surface area contributed by atoms with Crippen LogP contribution >= 0.6 is 0 Å². The number of carbonyl (C=O) groups excluding carboxylic acids is 1. The van der Waals surface area contributed by atoms with Crippen LogP contribution in [0.15, 0.2) is 12.7 Å². The van der Waals surface area contributed by atoms with Gasteiger partial charge in [-0.15, -0.1) is 6.58 Å². The minimum absolute atomic E-state index is 0.182. The first-order chi connectivity index (χ1) is 7.16. The Morgan fingerprint density at radius 2 is 2.00 bits per heavy atom. The molecule has 0 aromatic rings. The van der Waals surface area contributed by atoms with Crippen molar-refractivity contribution in [2.75, 3.05) is 6.54 Å². The van der Waals surface area contributed by atoms with Gasteiger partial charge in [0.2, 0.25) is 0 Å². The number of amides is 1. The lowest BCUT2D eigenvalue weighted by atomic mass is 10.2. The zero-order valence-electron chi connectivity index (χ0n) is 9.74. The van der Waals surface area contributed by atoms with Crippen LogP contribution in [0.2, 0.25) is 0 Å². The van der Waals surface area contributed by atoms with Gasteiger partial charge in [-0.2, -0.15) is 13.1 Å². The molecule has 6 nitrogen and oxygen atoms in total. The Hall–Kier alpha value is -1.08. The van der Waals surface area contributed by atoms with Crippen LogP contribution in [0.1, 0.15) is 27.2 Å². The first-order valence-corrected chi connectivity index (χ1v) is 6.26. The predicted octanol–water partition coefficient (Wildman–Crippen LogP) is 0.922. The average Bonchev–Trinajstić information content (AvgIpc) is 1.98. The van der Waals surface area contributed by atoms with Crippen LogP contribution < -0.4 is 9.44 Å². The molecule has 0 aromatic carbocycles. The summed E-state index contributed by atoms with van der Waals surface area (Å²) in [7, 11) is -3.85. The largest absolute Gasteiger partial charge is 0.443 e. The molecule has 0 spiro atoms. The molecule has 0 fully saturated rings. The molecule has 0 aromatic heterocycles. The number of rotatable bonds is 5. The maximum absolute atomic E-state index is 11.2. The lowest BCUT2D eigenvalue weighted by molar-refractivity contribution is 0.0569. The SMILES string of the molecule is C=CCCNS(=O)(=O)NC(=O)OC(C)(C)C. The fraction of sp³-hybridized carbons (Fsp3) is 0.667. The summed E-state index contributed by atoms with van der Waals surface area (Å²) in [5.41, 5.74) is -0.735. The van der Waals surface area contributed by atoms with E-state index >= 15 is 0 Å². The second-order valence-electron chi connectivity index (χ2n) is 4.08. The van der Waals surface area contributed by atoms with Crippen molar-refractivity contribution in [2.24, 2.45) is 0 Å². The Morgan fingerprint density at radius 3 is 2.44 bits per heavy atom. The molecule has 0 saturated heterocycles. The number of nitrogens with one attached hydrogen (secondary N) is 2. The highest BCUT2D eigenvalue weighted by molar-refractivity contribution is 7.88. The monoisotopic (exact) mass is 250 g/mol. The molecule has 0 aliphatic rings. The van der Waals surface area contributed by atoms with Crippen LogP contribution in [0.4, 0.5) is 4.79 Å². The third-order valence-corrected chi connectivity index (χ3v) is 2.28. The molecular formula is C9H18N2O4S. The van der Waals surface area contributed by atoms with Crippen molar-refractivity contribution in [1.82, 2.24) is 9.44 Å². The van der Waals surface area contributed by atoms with E-state index in [9.17, 15) is 13.2 Å². The third-order valence-electron chi connectivity index (χ3n) is 1.26. The zero-order valence-corrected chi connectivity index (χ0v) is 10.6. The van der Waals surface area contributed by atoms with Gasteiger partial charge >= 0.3 is 16.3 Å². The normalized spacial score (nSPS) is 11.9. The van der Waals surface area contributed by atoms with Gasteiger partial charge < -0.3 is 4.74 Å². The molecule has 0 unspecified atom stereocenters. The molecule has 0 heterocycles. The van der Waals surface area contributed by atoms with Gasteiger partial charge in [-0.1, -0.05) is 6.08 Å². The summed E-state index contributed by atoms with van der Waals surface area (Å²) >= 11 is 0. The second-order valence-corrected chi connectivity index (χ2v) is 5.58. The number of hydrogen-bond donors (Lipinski definition) is 2. The maximum atomic E-state index is 11.2. The van der Waals surface area contributed by atoms with Crippen LogP contribution in [0.25, 0.3) is 0 Å². The van der Waals surface area contributed by atoms with Crippen molar-refractivity contribution < 1.29 is 17.9 Å². The van der Waals surface area contributed by atoms with E-state index in [4.69, 9.17) is 4.74 Å². The van der Waals surface area contributed by atoms with Gasteiger partial charge in [0.1, 0.15) is 5.60 Å². The van der Waals surface area contributed by atoms with Crippen LogP contribution in [0.3, 0.4) is 0 Å². The molecule has 94 valence electrons. The fourth-order valence-electron chi connectivity index (χ4n) is 0.740. The molecule has 7 heteroatoms. The lowest BCUT2D eigenvalue weighted by Crippen LogP contribution is -2.43. The summed E-state index contributed by atoms with van der Waals surface area (Å²) in [4.78, 5) is 11.1. The Labute approximate surface area is 96.2 Å². The molecule has 0 aliphatic heterocycles. The average molecular weight is 250 g/mol. The van der Waals surface area contributed by atoms with Crippen molar-refractivity contribution in [3.05, 3.63) is 12.7 Å². The number of ether oxygens (including phenoxy) is 1. The molecule has 2 N–H and O–H groups in total. The molecule has 0 rings (SSSR count). The molecule has 0 radical (unpaired) electrons. The summed E-state index contributed by atoms with van der Waals surface area (Å²) in [5, 5.41) is 0.